The average Bonchev–Trinajstić information content (AvgIpc) is 3.40. The minimum atomic E-state index is -2.04. The van der Waals surface area contributed by atoms with E-state index in [1.165, 1.54) is 79.7 Å². The van der Waals surface area contributed by atoms with Crippen molar-refractivity contribution in [1.29, 1.82) is 0 Å². The fourth-order valence-electron chi connectivity index (χ4n) is 7.75. The lowest BCUT2D eigenvalue weighted by molar-refractivity contribution is -0.319. The van der Waals surface area contributed by atoms with E-state index in [0.29, 0.717) is 0 Å². The summed E-state index contributed by atoms with van der Waals surface area (Å²) in [5, 5.41) is 11.7. The van der Waals surface area contributed by atoms with Gasteiger partial charge < -0.3 is 47.7 Å². The summed E-state index contributed by atoms with van der Waals surface area (Å²) in [4.78, 5) is 82.9. The third-order valence-corrected chi connectivity index (χ3v) is 11.3. The Morgan fingerprint density at radius 2 is 0.643 bits per heavy atom. The minimum absolute atomic E-state index is 0.0730. The summed E-state index contributed by atoms with van der Waals surface area (Å²) in [5.74, 6) is -5.36. The van der Waals surface area contributed by atoms with E-state index in [4.69, 9.17) is 42.6 Å². The number of carbonyl (C=O) groups excluding carboxylic acids is 6. The molecule has 2 heterocycles. The maximum atomic E-state index is 14.0. The van der Waals surface area contributed by atoms with Crippen LogP contribution >= 0.6 is 0 Å². The highest BCUT2D eigenvalue weighted by molar-refractivity contribution is 5.92. The molecule has 2 saturated heterocycles. The van der Waals surface area contributed by atoms with Crippen LogP contribution < -0.4 is 0 Å². The number of ether oxygens (including phenoxy) is 9. The molecule has 0 bridgehead atoms. The van der Waals surface area contributed by atoms with Gasteiger partial charge in [0.05, 0.1) is 46.1 Å². The number of aliphatic hydroxyl groups is 1. The summed E-state index contributed by atoms with van der Waals surface area (Å²) in [6, 6.07) is 47.3. The number of esters is 6. The Hall–Kier alpha value is -8.02. The van der Waals surface area contributed by atoms with E-state index in [1.54, 1.807) is 109 Å². The van der Waals surface area contributed by atoms with E-state index >= 15 is 0 Å². The van der Waals surface area contributed by atoms with Crippen molar-refractivity contribution in [3.05, 3.63) is 215 Å². The molecule has 8 rings (SSSR count). The molecule has 6 aromatic carbocycles. The molecule has 16 heteroatoms. The van der Waals surface area contributed by atoms with Crippen molar-refractivity contribution in [2.45, 2.75) is 68.3 Å². The Bertz CT molecular complexity index is 2520. The van der Waals surface area contributed by atoms with E-state index in [1.807, 2.05) is 0 Å². The quantitative estimate of drug-likeness (QED) is 0.0828. The molecule has 10 atom stereocenters. The number of rotatable bonds is 15. The summed E-state index contributed by atoms with van der Waals surface area (Å²) >= 11 is 0. The third kappa shape index (κ3) is 11.8. The number of hydrogen-bond acceptors (Lipinski definition) is 16. The number of hydrogen-bond donors (Lipinski definition) is 1. The molecule has 0 aromatic heterocycles. The van der Waals surface area contributed by atoms with Crippen molar-refractivity contribution < 1.29 is 76.5 Å². The van der Waals surface area contributed by atoms with Crippen LogP contribution in [0.2, 0.25) is 0 Å². The zero-order valence-electron chi connectivity index (χ0n) is 37.4. The Balaban J connectivity index is 1.15. The van der Waals surface area contributed by atoms with Gasteiger partial charge in [-0.3, -0.25) is 0 Å². The lowest BCUT2D eigenvalue weighted by Crippen LogP contribution is -2.64. The second-order valence-electron chi connectivity index (χ2n) is 16.0. The van der Waals surface area contributed by atoms with Crippen molar-refractivity contribution in [2.24, 2.45) is 0 Å². The van der Waals surface area contributed by atoms with Crippen LogP contribution in [0.1, 0.15) is 69.1 Å². The molecule has 1 unspecified atom stereocenters. The summed E-state index contributed by atoms with van der Waals surface area (Å²) in [6.45, 7) is 0.834. The molecule has 70 heavy (non-hydrogen) atoms. The Kier molecular flexibility index (Phi) is 15.8. The lowest BCUT2D eigenvalue weighted by atomic mass is 9.97. The molecule has 2 aliphatic heterocycles. The summed E-state index contributed by atoms with van der Waals surface area (Å²) in [6.07, 6.45) is -16.4. The topological polar surface area (TPSA) is 206 Å². The van der Waals surface area contributed by atoms with Gasteiger partial charge in [-0.2, -0.15) is 0 Å². The minimum Gasteiger partial charge on any atom is -0.452 e. The van der Waals surface area contributed by atoms with Crippen LogP contribution in [0.15, 0.2) is 182 Å². The highest BCUT2D eigenvalue weighted by Crippen LogP contribution is 2.34. The molecular formula is C54H46O16. The van der Waals surface area contributed by atoms with E-state index < -0.39 is 104 Å². The lowest BCUT2D eigenvalue weighted by Gasteiger charge is -2.45. The second kappa shape index (κ2) is 22.9. The van der Waals surface area contributed by atoms with Gasteiger partial charge in [-0.1, -0.05) is 109 Å². The van der Waals surface area contributed by atoms with E-state index in [-0.39, 0.29) is 33.4 Å². The molecule has 1 N–H and O–H groups in total. The average molecular weight is 951 g/mol. The van der Waals surface area contributed by atoms with Crippen LogP contribution in [0.5, 0.6) is 0 Å². The smallest absolute Gasteiger partial charge is 0.338 e. The highest BCUT2D eigenvalue weighted by Gasteiger charge is 2.55. The Morgan fingerprint density at radius 3 is 0.986 bits per heavy atom. The normalized spacial score (nSPS) is 23.9. The third-order valence-electron chi connectivity index (χ3n) is 11.3. The molecule has 2 fully saturated rings. The van der Waals surface area contributed by atoms with Crippen LogP contribution in [-0.2, 0) is 42.6 Å². The van der Waals surface area contributed by atoms with Crippen molar-refractivity contribution in [3.8, 4) is 0 Å². The van der Waals surface area contributed by atoms with Gasteiger partial charge in [0, 0.05) is 0 Å². The van der Waals surface area contributed by atoms with Crippen molar-refractivity contribution in [3.63, 3.8) is 0 Å². The maximum absolute atomic E-state index is 14.0. The maximum Gasteiger partial charge on any atom is 0.338 e. The molecular weight excluding hydrogens is 905 g/mol. The predicted octanol–water partition coefficient (Wildman–Crippen LogP) is 6.82. The van der Waals surface area contributed by atoms with E-state index in [0.717, 1.165) is 0 Å². The van der Waals surface area contributed by atoms with Crippen LogP contribution in [0.25, 0.3) is 0 Å². The number of aliphatic hydroxyl groups excluding tert-OH is 1. The van der Waals surface area contributed by atoms with Gasteiger partial charge in [-0.05, 0) is 79.7 Å². The van der Waals surface area contributed by atoms with Gasteiger partial charge in [0.25, 0.3) is 0 Å². The fraction of sp³-hybridized carbons (Fsp3) is 0.222. The van der Waals surface area contributed by atoms with Gasteiger partial charge in [0.2, 0.25) is 0 Å². The van der Waals surface area contributed by atoms with Crippen LogP contribution in [0, 0.1) is 0 Å². The SMILES string of the molecule is C[C@H]1O[C@@H](OC[C@H]2OC(O)[C@H](OC(=O)c3ccccc3)[C@@H](OC(=O)c3ccccc3)[C@@H]2OC(=O)c2ccccc2)[C@H](OC(=O)c2ccccc2)[C@@H](OC(=O)c2ccccc2)[C@@H]1OC(=O)c1ccccc1. The van der Waals surface area contributed by atoms with Crippen LogP contribution in [0.3, 0.4) is 0 Å². The van der Waals surface area contributed by atoms with Gasteiger partial charge in [-0.25, -0.2) is 28.8 Å². The predicted molar refractivity (Wildman–Crippen MR) is 245 cm³/mol. The standard InChI is InChI=1S/C54H46O16/c1-33-41(65-47(55)34-20-8-2-9-21-34)43(67-49(57)36-24-12-4-13-25-36)46(70-52(60)39-30-18-7-19-31-39)54(63-33)62-32-40-42(66-48(56)35-22-10-3-11-23-35)44(68-50(58)37-26-14-5-15-27-37)45(53(61)64-40)69-51(59)38-28-16-6-17-29-38/h2-31,33,40-46,53-54,61H,32H2,1H3/t33-,40-,41-,42-,43+,44+,45-,46-,53?,54-/m1/s1. The van der Waals surface area contributed by atoms with Gasteiger partial charge in [0.1, 0.15) is 6.10 Å². The summed E-state index contributed by atoms with van der Waals surface area (Å²) < 4.78 is 54.8. The Labute approximate surface area is 401 Å². The fourth-order valence-corrected chi connectivity index (χ4v) is 7.75. The molecule has 0 radical (unpaired) electrons. The van der Waals surface area contributed by atoms with Crippen molar-refractivity contribution in [2.75, 3.05) is 6.61 Å². The molecule has 0 saturated carbocycles. The number of carbonyl (C=O) groups is 6. The molecule has 0 aliphatic carbocycles. The summed E-state index contributed by atoms with van der Waals surface area (Å²) in [5.41, 5.74) is 0.613. The van der Waals surface area contributed by atoms with Crippen molar-refractivity contribution in [1.82, 2.24) is 0 Å². The first-order valence-electron chi connectivity index (χ1n) is 22.2. The van der Waals surface area contributed by atoms with Crippen LogP contribution in [0.4, 0.5) is 0 Å². The zero-order valence-corrected chi connectivity index (χ0v) is 37.4. The molecule has 6 aromatic rings. The van der Waals surface area contributed by atoms with E-state index in [2.05, 4.69) is 0 Å². The summed E-state index contributed by atoms with van der Waals surface area (Å²) in [7, 11) is 0. The largest absolute Gasteiger partial charge is 0.452 e. The zero-order chi connectivity index (χ0) is 49.0. The monoisotopic (exact) mass is 950 g/mol. The molecule has 0 amide bonds. The van der Waals surface area contributed by atoms with Gasteiger partial charge in [-0.15, -0.1) is 0 Å². The van der Waals surface area contributed by atoms with Gasteiger partial charge >= 0.3 is 35.8 Å². The Morgan fingerprint density at radius 1 is 0.371 bits per heavy atom. The molecule has 358 valence electrons. The van der Waals surface area contributed by atoms with Crippen LogP contribution in [-0.4, -0.2) is 109 Å². The molecule has 16 nitrogen and oxygen atoms in total. The second-order valence-corrected chi connectivity index (χ2v) is 16.0. The molecule has 2 aliphatic rings. The van der Waals surface area contributed by atoms with E-state index in [9.17, 15) is 33.9 Å². The number of benzene rings is 6. The first-order valence-corrected chi connectivity index (χ1v) is 22.2. The van der Waals surface area contributed by atoms with Crippen molar-refractivity contribution >= 4 is 35.8 Å². The first kappa shape index (κ1) is 48.4. The highest BCUT2D eigenvalue weighted by atomic mass is 16.7. The first-order chi connectivity index (χ1) is 34.0. The molecule has 0 spiro atoms. The van der Waals surface area contributed by atoms with Gasteiger partial charge in [0.15, 0.2) is 49.2 Å².